The second-order valence-electron chi connectivity index (χ2n) is 7.66. The number of aliphatic imine (C=N–C) groups is 1. The molecule has 1 heterocycles. The fraction of sp³-hybridized carbons (Fsp3) is 0.778. The van der Waals surface area contributed by atoms with Crippen LogP contribution in [0.5, 0.6) is 0 Å². The molecule has 0 aliphatic heterocycles. The van der Waals surface area contributed by atoms with Crippen LogP contribution in [0, 0.1) is 5.92 Å². The van der Waals surface area contributed by atoms with Gasteiger partial charge in [-0.1, -0.05) is 27.7 Å². The Bertz CT molecular complexity index is 507. The normalized spacial score (nSPS) is 22.9. The first-order valence-corrected chi connectivity index (χ1v) is 8.88. The molecule has 2 N–H and O–H groups in total. The van der Waals surface area contributed by atoms with Crippen LogP contribution < -0.4 is 10.6 Å². The fourth-order valence-corrected chi connectivity index (χ4v) is 2.79. The van der Waals surface area contributed by atoms with Crippen LogP contribution in [-0.4, -0.2) is 23.5 Å². The molecule has 0 amide bonds. The van der Waals surface area contributed by atoms with Crippen LogP contribution in [0.25, 0.3) is 0 Å². The van der Waals surface area contributed by atoms with Crippen LogP contribution in [0.15, 0.2) is 15.6 Å². The van der Waals surface area contributed by atoms with E-state index in [-0.39, 0.29) is 5.41 Å². The molecule has 0 spiro atoms. The lowest BCUT2D eigenvalue weighted by atomic mass is 9.87. The molecule has 0 unspecified atom stereocenters. The number of oxazole rings is 1. The summed E-state index contributed by atoms with van der Waals surface area (Å²) in [6, 6.07) is 0.527. The highest BCUT2D eigenvalue weighted by Crippen LogP contribution is 2.24. The maximum atomic E-state index is 5.81. The summed E-state index contributed by atoms with van der Waals surface area (Å²) >= 11 is 0. The van der Waals surface area contributed by atoms with E-state index in [2.05, 4.69) is 55.2 Å². The number of nitrogens with one attached hydrogen (secondary N) is 2. The average molecular weight is 320 g/mol. The van der Waals surface area contributed by atoms with E-state index >= 15 is 0 Å². The monoisotopic (exact) mass is 320 g/mol. The van der Waals surface area contributed by atoms with E-state index in [0.29, 0.717) is 18.5 Å². The number of hydrogen-bond acceptors (Lipinski definition) is 3. The van der Waals surface area contributed by atoms with Gasteiger partial charge >= 0.3 is 0 Å². The van der Waals surface area contributed by atoms with Crippen LogP contribution in [0.2, 0.25) is 0 Å². The summed E-state index contributed by atoms with van der Waals surface area (Å²) in [7, 11) is 0. The predicted molar refractivity (Wildman–Crippen MR) is 94.6 cm³/mol. The van der Waals surface area contributed by atoms with Gasteiger partial charge in [0.1, 0.15) is 12.3 Å². The van der Waals surface area contributed by atoms with Gasteiger partial charge in [-0.25, -0.2) is 9.98 Å². The second kappa shape index (κ2) is 7.84. The smallest absolute Gasteiger partial charge is 0.216 e. The summed E-state index contributed by atoms with van der Waals surface area (Å²) in [6.45, 7) is 12.1. The zero-order valence-electron chi connectivity index (χ0n) is 15.3. The largest absolute Gasteiger partial charge is 0.443 e. The Morgan fingerprint density at radius 1 is 1.30 bits per heavy atom. The third-order valence-electron chi connectivity index (χ3n) is 4.37. The van der Waals surface area contributed by atoms with Crippen molar-refractivity contribution >= 4 is 5.96 Å². The Morgan fingerprint density at radius 2 is 2.00 bits per heavy atom. The topological polar surface area (TPSA) is 62.5 Å². The Hall–Kier alpha value is -1.52. The van der Waals surface area contributed by atoms with E-state index in [1.165, 1.54) is 25.7 Å². The van der Waals surface area contributed by atoms with Crippen LogP contribution in [-0.2, 0) is 12.0 Å². The quantitative estimate of drug-likeness (QED) is 0.657. The first-order valence-electron chi connectivity index (χ1n) is 8.88. The van der Waals surface area contributed by atoms with Gasteiger partial charge in [0.25, 0.3) is 0 Å². The summed E-state index contributed by atoms with van der Waals surface area (Å²) < 4.78 is 5.81. The third kappa shape index (κ3) is 5.56. The second-order valence-corrected chi connectivity index (χ2v) is 7.66. The first-order chi connectivity index (χ1) is 10.9. The van der Waals surface area contributed by atoms with Gasteiger partial charge in [0.05, 0.1) is 6.20 Å². The van der Waals surface area contributed by atoms with Crippen molar-refractivity contribution in [1.29, 1.82) is 0 Å². The number of nitrogens with zero attached hydrogens (tertiary/aromatic N) is 2. The standard InChI is InChI=1S/C18H32N4O/c1-6-19-17(22-14-9-7-13(2)8-10-14)21-12-16-20-11-15(23-16)18(3,4)5/h11,13-14H,6-10,12H2,1-5H3,(H2,19,21,22). The van der Waals surface area contributed by atoms with Gasteiger partial charge in [-0.2, -0.15) is 0 Å². The summed E-state index contributed by atoms with van der Waals surface area (Å²) in [5, 5.41) is 6.87. The SMILES string of the molecule is CCNC(=NCc1ncc(C(C)(C)C)o1)NC1CCC(C)CC1. The third-order valence-corrected chi connectivity index (χ3v) is 4.37. The molecule has 0 atom stereocenters. The number of aromatic nitrogens is 1. The molecule has 0 radical (unpaired) electrons. The van der Waals surface area contributed by atoms with Gasteiger partial charge in [-0.05, 0) is 38.5 Å². The highest BCUT2D eigenvalue weighted by Gasteiger charge is 2.20. The Kier molecular flexibility index (Phi) is 6.08. The van der Waals surface area contributed by atoms with Gasteiger partial charge < -0.3 is 15.1 Å². The first kappa shape index (κ1) is 17.8. The molecular formula is C18H32N4O. The Morgan fingerprint density at radius 3 is 2.57 bits per heavy atom. The lowest BCUT2D eigenvalue weighted by Gasteiger charge is -2.28. The maximum absolute atomic E-state index is 5.81. The van der Waals surface area contributed by atoms with Crippen molar-refractivity contribution in [3.63, 3.8) is 0 Å². The fourth-order valence-electron chi connectivity index (χ4n) is 2.79. The van der Waals surface area contributed by atoms with Crippen LogP contribution >= 0.6 is 0 Å². The summed E-state index contributed by atoms with van der Waals surface area (Å²) in [6.07, 6.45) is 6.85. The van der Waals surface area contributed by atoms with Gasteiger partial charge in [-0.3, -0.25) is 0 Å². The number of rotatable bonds is 4. The molecule has 5 nitrogen and oxygen atoms in total. The van der Waals surface area contributed by atoms with Crippen LogP contribution in [0.4, 0.5) is 0 Å². The van der Waals surface area contributed by atoms with Crippen molar-refractivity contribution in [3.05, 3.63) is 17.8 Å². The number of guanidine groups is 1. The molecule has 1 aliphatic carbocycles. The molecule has 23 heavy (non-hydrogen) atoms. The maximum Gasteiger partial charge on any atom is 0.216 e. The molecule has 0 bridgehead atoms. The van der Waals surface area contributed by atoms with Crippen molar-refractivity contribution in [2.45, 2.75) is 78.3 Å². The zero-order chi connectivity index (χ0) is 16.9. The van der Waals surface area contributed by atoms with E-state index in [0.717, 1.165) is 24.2 Å². The lowest BCUT2D eigenvalue weighted by molar-refractivity contribution is 0.329. The molecule has 130 valence electrons. The van der Waals surface area contributed by atoms with E-state index in [4.69, 9.17) is 4.42 Å². The predicted octanol–water partition coefficient (Wildman–Crippen LogP) is 3.61. The molecule has 0 saturated heterocycles. The van der Waals surface area contributed by atoms with Gasteiger partial charge in [0.2, 0.25) is 5.89 Å². The van der Waals surface area contributed by atoms with Crippen molar-refractivity contribution in [2.75, 3.05) is 6.54 Å². The molecule has 1 saturated carbocycles. The summed E-state index contributed by atoms with van der Waals surface area (Å²) in [5.74, 6) is 3.30. The Labute approximate surface area is 140 Å². The molecular weight excluding hydrogens is 288 g/mol. The number of hydrogen-bond donors (Lipinski definition) is 2. The lowest BCUT2D eigenvalue weighted by Crippen LogP contribution is -2.44. The molecule has 1 aromatic heterocycles. The van der Waals surface area contributed by atoms with Crippen molar-refractivity contribution in [1.82, 2.24) is 15.6 Å². The summed E-state index contributed by atoms with van der Waals surface area (Å²) in [5.41, 5.74) is -0.0174. The molecule has 1 fully saturated rings. The van der Waals surface area contributed by atoms with Gasteiger partial charge in [-0.15, -0.1) is 0 Å². The van der Waals surface area contributed by atoms with E-state index in [1.54, 1.807) is 0 Å². The molecule has 0 aromatic carbocycles. The minimum Gasteiger partial charge on any atom is -0.443 e. The van der Waals surface area contributed by atoms with E-state index in [1.807, 2.05) is 6.20 Å². The molecule has 2 rings (SSSR count). The van der Waals surface area contributed by atoms with Gasteiger partial charge in [0.15, 0.2) is 5.96 Å². The molecule has 1 aliphatic rings. The van der Waals surface area contributed by atoms with Crippen molar-refractivity contribution in [3.8, 4) is 0 Å². The molecule has 5 heteroatoms. The van der Waals surface area contributed by atoms with Crippen molar-refractivity contribution < 1.29 is 4.42 Å². The van der Waals surface area contributed by atoms with Gasteiger partial charge in [0, 0.05) is 18.0 Å². The Balaban J connectivity index is 1.94. The summed E-state index contributed by atoms with van der Waals surface area (Å²) in [4.78, 5) is 8.97. The minimum atomic E-state index is -0.0174. The van der Waals surface area contributed by atoms with Crippen LogP contribution in [0.3, 0.4) is 0 Å². The zero-order valence-corrected chi connectivity index (χ0v) is 15.3. The highest BCUT2D eigenvalue weighted by atomic mass is 16.4. The van der Waals surface area contributed by atoms with E-state index < -0.39 is 0 Å². The van der Waals surface area contributed by atoms with Crippen molar-refractivity contribution in [2.24, 2.45) is 10.9 Å². The highest BCUT2D eigenvalue weighted by molar-refractivity contribution is 5.80. The van der Waals surface area contributed by atoms with E-state index in [9.17, 15) is 0 Å². The minimum absolute atomic E-state index is 0.0174. The average Bonchev–Trinajstić information content (AvgIpc) is 2.96. The molecule has 1 aromatic rings. The van der Waals surface area contributed by atoms with Crippen LogP contribution in [0.1, 0.15) is 72.0 Å².